The first-order valence-electron chi connectivity index (χ1n) is 10.9. The fourth-order valence-corrected chi connectivity index (χ4v) is 4.57. The molecule has 1 aliphatic carbocycles. The molecule has 1 aromatic heterocycles. The molecule has 4 rings (SSSR count). The van der Waals surface area contributed by atoms with Crippen LogP contribution in [0.25, 0.3) is 11.1 Å². The highest BCUT2D eigenvalue weighted by molar-refractivity contribution is 6.32. The van der Waals surface area contributed by atoms with Gasteiger partial charge in [0.1, 0.15) is 35.4 Å². The average molecular weight is 449 g/mol. The van der Waals surface area contributed by atoms with Crippen molar-refractivity contribution in [3.8, 4) is 28.7 Å². The minimum Gasteiger partial charge on any atom is -0.496 e. The van der Waals surface area contributed by atoms with E-state index in [2.05, 4.69) is 11.1 Å². The number of halogens is 1. The van der Waals surface area contributed by atoms with E-state index in [-0.39, 0.29) is 0 Å². The maximum Gasteiger partial charge on any atom is 0.289 e. The number of ether oxygens (including phenoxy) is 2. The molecule has 164 valence electrons. The zero-order valence-corrected chi connectivity index (χ0v) is 19.0. The monoisotopic (exact) mass is 448 g/mol. The number of para-hydroxylation sites is 1. The molecule has 32 heavy (non-hydrogen) atoms. The van der Waals surface area contributed by atoms with Gasteiger partial charge < -0.3 is 9.47 Å². The molecule has 0 radical (unpaired) electrons. The van der Waals surface area contributed by atoms with Crippen molar-refractivity contribution in [3.63, 3.8) is 0 Å². The van der Waals surface area contributed by atoms with Crippen molar-refractivity contribution in [2.45, 2.75) is 45.1 Å². The lowest BCUT2D eigenvalue weighted by atomic mass is 9.87. The van der Waals surface area contributed by atoms with Gasteiger partial charge in [-0.25, -0.2) is 4.98 Å². The first-order valence-corrected chi connectivity index (χ1v) is 11.3. The number of aryl methyl sites for hydroxylation is 1. The minimum absolute atomic E-state index is 0.291. The molecule has 5 nitrogen and oxygen atoms in total. The molecule has 0 aliphatic heterocycles. The fraction of sp³-hybridized carbons (Fsp3) is 0.308. The van der Waals surface area contributed by atoms with Gasteiger partial charge in [-0.2, -0.15) is 5.26 Å². The molecular weight excluding hydrogens is 422 g/mol. The number of hydrogen-bond acceptors (Lipinski definition) is 4. The Balaban J connectivity index is 1.79. The summed E-state index contributed by atoms with van der Waals surface area (Å²) in [6.45, 7) is 0.291. The Hall–Kier alpha value is -3.23. The van der Waals surface area contributed by atoms with Gasteiger partial charge in [-0.15, -0.1) is 0 Å². The Morgan fingerprint density at radius 3 is 2.59 bits per heavy atom. The Morgan fingerprint density at radius 2 is 1.84 bits per heavy atom. The number of aromatic amines is 1. The standard InChI is InChI=1S/C26H26ClN3O2/c1-31-23-13-12-17(14-18(23)16-32-24-11-7-6-9-21(24)27)25-19-8-4-2-3-5-10-22(19)30-26(29)20(25)15-28/h6-7,9,11-14H,2-5,8,10,16H2,1H3,(H2,29,30)/p+1. The Kier molecular flexibility index (Phi) is 6.82. The Bertz CT molecular complexity index is 1170. The fourth-order valence-electron chi connectivity index (χ4n) is 4.38. The van der Waals surface area contributed by atoms with Crippen LogP contribution in [-0.4, -0.2) is 7.11 Å². The Morgan fingerprint density at radius 1 is 1.06 bits per heavy atom. The van der Waals surface area contributed by atoms with Gasteiger partial charge in [-0.05, 0) is 49.1 Å². The SMILES string of the molecule is COc1ccc(-c2c(C#N)c(N)[nH+]c3c2CCCCCC3)cc1COc1ccccc1Cl. The number of methoxy groups -OCH3 is 1. The number of anilines is 1. The van der Waals surface area contributed by atoms with E-state index >= 15 is 0 Å². The summed E-state index contributed by atoms with van der Waals surface area (Å²) < 4.78 is 11.6. The van der Waals surface area contributed by atoms with E-state index in [0.29, 0.717) is 28.8 Å². The lowest BCUT2D eigenvalue weighted by molar-refractivity contribution is -0.374. The van der Waals surface area contributed by atoms with Crippen LogP contribution in [-0.2, 0) is 19.4 Å². The van der Waals surface area contributed by atoms with E-state index in [1.807, 2.05) is 36.4 Å². The molecule has 6 heteroatoms. The summed E-state index contributed by atoms with van der Waals surface area (Å²) in [7, 11) is 1.64. The number of benzene rings is 2. The van der Waals surface area contributed by atoms with Crippen LogP contribution >= 0.6 is 11.6 Å². The lowest BCUT2D eigenvalue weighted by Gasteiger charge is -2.19. The molecule has 0 atom stereocenters. The number of nitrogen functional groups attached to an aromatic ring is 1. The molecule has 3 aromatic rings. The van der Waals surface area contributed by atoms with E-state index in [0.717, 1.165) is 53.8 Å². The summed E-state index contributed by atoms with van der Waals surface area (Å²) in [5, 5.41) is 10.5. The molecule has 0 spiro atoms. The number of nitriles is 1. The third kappa shape index (κ3) is 4.51. The highest BCUT2D eigenvalue weighted by Crippen LogP contribution is 2.36. The third-order valence-electron chi connectivity index (χ3n) is 5.98. The normalized spacial score (nSPS) is 13.4. The molecule has 0 saturated heterocycles. The van der Waals surface area contributed by atoms with Crippen LogP contribution in [0.3, 0.4) is 0 Å². The zero-order valence-electron chi connectivity index (χ0n) is 18.2. The first-order chi connectivity index (χ1) is 15.6. The number of H-pyrrole nitrogens is 1. The highest BCUT2D eigenvalue weighted by atomic mass is 35.5. The van der Waals surface area contributed by atoms with Crippen molar-refractivity contribution in [2.24, 2.45) is 0 Å². The number of nitrogens with one attached hydrogen (secondary N) is 1. The van der Waals surface area contributed by atoms with Crippen molar-refractivity contribution in [1.82, 2.24) is 0 Å². The first kappa shape index (κ1) is 22.0. The topological polar surface area (TPSA) is 82.4 Å². The summed E-state index contributed by atoms with van der Waals surface area (Å²) >= 11 is 6.25. The number of fused-ring (bicyclic) bond motifs is 1. The van der Waals surface area contributed by atoms with Gasteiger partial charge in [-0.3, -0.25) is 5.73 Å². The predicted molar refractivity (Wildman–Crippen MR) is 126 cm³/mol. The molecular formula is C26H27ClN3O2+. The van der Waals surface area contributed by atoms with Crippen molar-refractivity contribution < 1.29 is 14.5 Å². The van der Waals surface area contributed by atoms with Gasteiger partial charge in [0, 0.05) is 23.1 Å². The Labute approximate surface area is 193 Å². The zero-order chi connectivity index (χ0) is 22.5. The smallest absolute Gasteiger partial charge is 0.289 e. The average Bonchev–Trinajstić information content (AvgIpc) is 2.79. The van der Waals surface area contributed by atoms with Gasteiger partial charge in [-0.1, -0.05) is 42.6 Å². The van der Waals surface area contributed by atoms with E-state index in [9.17, 15) is 5.26 Å². The summed E-state index contributed by atoms with van der Waals surface area (Å²) in [6.07, 6.45) is 6.50. The summed E-state index contributed by atoms with van der Waals surface area (Å²) in [5.41, 5.74) is 11.8. The van der Waals surface area contributed by atoms with Crippen LogP contribution in [0.2, 0.25) is 5.02 Å². The predicted octanol–water partition coefficient (Wildman–Crippen LogP) is 5.52. The molecule has 2 aromatic carbocycles. The molecule has 3 N–H and O–H groups in total. The maximum atomic E-state index is 9.93. The van der Waals surface area contributed by atoms with Crippen LogP contribution in [0.15, 0.2) is 42.5 Å². The number of pyridine rings is 1. The summed E-state index contributed by atoms with van der Waals surface area (Å²) in [4.78, 5) is 3.31. The molecule has 1 aliphatic rings. The number of hydrogen-bond donors (Lipinski definition) is 1. The van der Waals surface area contributed by atoms with Crippen molar-refractivity contribution in [1.29, 1.82) is 5.26 Å². The van der Waals surface area contributed by atoms with Crippen LogP contribution in [0.4, 0.5) is 5.82 Å². The van der Waals surface area contributed by atoms with Crippen molar-refractivity contribution in [3.05, 3.63) is 69.9 Å². The summed E-state index contributed by atoms with van der Waals surface area (Å²) in [5.74, 6) is 1.76. The molecule has 0 bridgehead atoms. The number of nitrogens with zero attached hydrogens (tertiary/aromatic N) is 1. The van der Waals surface area contributed by atoms with Gasteiger partial charge in [0.25, 0.3) is 5.82 Å². The number of aromatic nitrogens is 1. The second-order valence-electron chi connectivity index (χ2n) is 8.02. The van der Waals surface area contributed by atoms with Gasteiger partial charge in [0.15, 0.2) is 0 Å². The van der Waals surface area contributed by atoms with Gasteiger partial charge in [0.05, 0.1) is 12.1 Å². The molecule has 0 fully saturated rings. The quantitative estimate of drug-likeness (QED) is 0.556. The van der Waals surface area contributed by atoms with Crippen LogP contribution in [0, 0.1) is 11.3 Å². The number of rotatable bonds is 5. The van der Waals surface area contributed by atoms with E-state index in [1.54, 1.807) is 13.2 Å². The van der Waals surface area contributed by atoms with Crippen molar-refractivity contribution >= 4 is 17.4 Å². The van der Waals surface area contributed by atoms with Crippen LogP contribution < -0.4 is 20.2 Å². The summed E-state index contributed by atoms with van der Waals surface area (Å²) in [6, 6.07) is 15.7. The van der Waals surface area contributed by atoms with Crippen LogP contribution in [0.5, 0.6) is 11.5 Å². The molecule has 0 saturated carbocycles. The molecule has 1 heterocycles. The van der Waals surface area contributed by atoms with Crippen molar-refractivity contribution in [2.75, 3.05) is 12.8 Å². The van der Waals surface area contributed by atoms with Gasteiger partial charge in [0.2, 0.25) is 0 Å². The number of nitrogens with two attached hydrogens (primary N) is 1. The van der Waals surface area contributed by atoms with E-state index < -0.39 is 0 Å². The lowest BCUT2D eigenvalue weighted by Crippen LogP contribution is -2.23. The van der Waals surface area contributed by atoms with Crippen LogP contribution in [0.1, 0.15) is 48.1 Å². The second-order valence-corrected chi connectivity index (χ2v) is 8.42. The third-order valence-corrected chi connectivity index (χ3v) is 6.29. The van der Waals surface area contributed by atoms with E-state index in [1.165, 1.54) is 18.4 Å². The second kappa shape index (κ2) is 9.93. The maximum absolute atomic E-state index is 9.93. The largest absolute Gasteiger partial charge is 0.496 e. The highest BCUT2D eigenvalue weighted by Gasteiger charge is 2.24. The van der Waals surface area contributed by atoms with Gasteiger partial charge >= 0.3 is 0 Å². The van der Waals surface area contributed by atoms with E-state index in [4.69, 9.17) is 26.8 Å². The minimum atomic E-state index is 0.291. The molecule has 0 amide bonds. The molecule has 0 unspecified atom stereocenters.